The van der Waals surface area contributed by atoms with E-state index in [0.717, 1.165) is 5.56 Å². The van der Waals surface area contributed by atoms with Crippen molar-refractivity contribution >= 4 is 5.69 Å². The summed E-state index contributed by atoms with van der Waals surface area (Å²) in [5.41, 5.74) is 1.22. The van der Waals surface area contributed by atoms with Gasteiger partial charge in [-0.3, -0.25) is 0 Å². The van der Waals surface area contributed by atoms with Gasteiger partial charge in [-0.15, -0.1) is 0 Å². The summed E-state index contributed by atoms with van der Waals surface area (Å²) in [6, 6.07) is 6.78. The molecule has 2 N–H and O–H groups in total. The molecule has 0 spiro atoms. The van der Waals surface area contributed by atoms with Gasteiger partial charge >= 0.3 is 5.69 Å². The number of hydrogen-bond donors (Lipinski definition) is 2. The first-order valence-corrected chi connectivity index (χ1v) is 3.63. The lowest BCUT2D eigenvalue weighted by molar-refractivity contribution is -0.729. The average Bonchev–Trinajstić information content (AvgIpc) is 2.05. The molecule has 0 fully saturated rings. The fraction of sp³-hybridized carbons (Fsp3) is 0.250. The van der Waals surface area contributed by atoms with Gasteiger partial charge in [0.1, 0.15) is 0 Å². The monoisotopic (exact) mass is 167 g/mol. The van der Waals surface area contributed by atoms with Crippen molar-refractivity contribution in [1.82, 2.24) is 5.32 Å². The molecule has 0 aliphatic rings. The van der Waals surface area contributed by atoms with Crippen LogP contribution < -0.4 is 5.32 Å². The zero-order valence-corrected chi connectivity index (χ0v) is 6.82. The fourth-order valence-corrected chi connectivity index (χ4v) is 0.990. The molecule has 0 saturated carbocycles. The summed E-state index contributed by atoms with van der Waals surface area (Å²) < 4.78 is 0. The standard InChI is InChI=1S/C8H11N2O2/c1-9-6-7-3-2-4-8(5-7)10(11)12/h2-5,9H,6H2,1H3,(H,11,12)/q+1. The summed E-state index contributed by atoms with van der Waals surface area (Å²) in [6.07, 6.45) is 0. The summed E-state index contributed by atoms with van der Waals surface area (Å²) >= 11 is 0. The highest BCUT2D eigenvalue weighted by Crippen LogP contribution is 2.11. The highest BCUT2D eigenvalue weighted by molar-refractivity contribution is 5.33. The highest BCUT2D eigenvalue weighted by Gasteiger charge is 2.10. The summed E-state index contributed by atoms with van der Waals surface area (Å²) in [7, 11) is 1.82. The molecule has 1 rings (SSSR count). The molecule has 12 heavy (non-hydrogen) atoms. The maximum atomic E-state index is 10.5. The molecule has 1 aromatic carbocycles. The number of benzene rings is 1. The van der Waals surface area contributed by atoms with E-state index >= 15 is 0 Å². The van der Waals surface area contributed by atoms with E-state index in [2.05, 4.69) is 5.32 Å². The van der Waals surface area contributed by atoms with Crippen LogP contribution in [0.5, 0.6) is 0 Å². The molecule has 0 aliphatic carbocycles. The quantitative estimate of drug-likeness (QED) is 0.665. The van der Waals surface area contributed by atoms with Crippen LogP contribution in [0, 0.1) is 4.91 Å². The lowest BCUT2D eigenvalue weighted by atomic mass is 10.2. The molecular formula is C8H11N2O2+. The van der Waals surface area contributed by atoms with E-state index in [4.69, 9.17) is 5.21 Å². The van der Waals surface area contributed by atoms with Gasteiger partial charge in [-0.05, 0) is 12.6 Å². The summed E-state index contributed by atoms with van der Waals surface area (Å²) in [5.74, 6) is 0. The largest absolute Gasteiger partial charge is 0.316 e. The van der Waals surface area contributed by atoms with E-state index in [1.807, 2.05) is 13.1 Å². The van der Waals surface area contributed by atoms with Crippen LogP contribution in [0.1, 0.15) is 5.56 Å². The molecule has 0 atom stereocenters. The van der Waals surface area contributed by atoms with Gasteiger partial charge < -0.3 is 5.32 Å². The summed E-state index contributed by atoms with van der Waals surface area (Å²) in [4.78, 5) is 10.3. The topological polar surface area (TPSA) is 52.3 Å². The third kappa shape index (κ3) is 2.03. The van der Waals surface area contributed by atoms with Crippen molar-refractivity contribution in [2.24, 2.45) is 0 Å². The minimum atomic E-state index is -0.140. The van der Waals surface area contributed by atoms with Crippen LogP contribution in [0.15, 0.2) is 24.3 Å². The summed E-state index contributed by atoms with van der Waals surface area (Å²) in [5, 5.41) is 11.5. The number of nitrogens with one attached hydrogen (secondary N) is 1. The van der Waals surface area contributed by atoms with E-state index in [-0.39, 0.29) is 10.6 Å². The predicted octanol–water partition coefficient (Wildman–Crippen LogP) is 1.21. The van der Waals surface area contributed by atoms with Crippen LogP contribution in [-0.4, -0.2) is 17.2 Å². The van der Waals surface area contributed by atoms with Crippen molar-refractivity contribution < 1.29 is 10.1 Å². The lowest BCUT2D eigenvalue weighted by Crippen LogP contribution is -2.05. The van der Waals surface area contributed by atoms with E-state index in [1.165, 1.54) is 0 Å². The zero-order chi connectivity index (χ0) is 8.97. The number of nitrogens with zero attached hydrogens (tertiary/aromatic N) is 1. The first-order valence-electron chi connectivity index (χ1n) is 3.63. The molecule has 0 aliphatic heterocycles. The number of rotatable bonds is 3. The van der Waals surface area contributed by atoms with Gasteiger partial charge in [0.2, 0.25) is 0 Å². The molecule has 4 nitrogen and oxygen atoms in total. The Balaban J connectivity index is 2.88. The van der Waals surface area contributed by atoms with Crippen LogP contribution in [0.3, 0.4) is 0 Å². The van der Waals surface area contributed by atoms with Crippen LogP contribution in [-0.2, 0) is 6.54 Å². The Hall–Kier alpha value is -1.42. The fourth-order valence-electron chi connectivity index (χ4n) is 0.990. The molecule has 0 saturated heterocycles. The van der Waals surface area contributed by atoms with Crippen molar-refractivity contribution in [1.29, 1.82) is 0 Å². The minimum absolute atomic E-state index is 0.140. The van der Waals surface area contributed by atoms with Crippen LogP contribution >= 0.6 is 0 Å². The van der Waals surface area contributed by atoms with Gasteiger partial charge in [0.05, 0.1) is 4.91 Å². The minimum Gasteiger partial charge on any atom is -0.316 e. The molecule has 0 unspecified atom stereocenters. The van der Waals surface area contributed by atoms with Crippen LogP contribution in [0.4, 0.5) is 5.69 Å². The Morgan fingerprint density at radius 1 is 1.58 bits per heavy atom. The van der Waals surface area contributed by atoms with E-state index in [9.17, 15) is 4.91 Å². The second-order valence-corrected chi connectivity index (χ2v) is 2.47. The molecule has 0 aromatic heterocycles. The first kappa shape index (κ1) is 8.67. The Labute approximate surface area is 70.4 Å². The van der Waals surface area contributed by atoms with Crippen molar-refractivity contribution in [2.75, 3.05) is 7.05 Å². The van der Waals surface area contributed by atoms with Crippen LogP contribution in [0.25, 0.3) is 0 Å². The lowest BCUT2D eigenvalue weighted by Gasteiger charge is -1.96. The highest BCUT2D eigenvalue weighted by atomic mass is 16.6. The Bertz CT molecular complexity index is 286. The molecule has 4 heteroatoms. The molecule has 0 bridgehead atoms. The van der Waals surface area contributed by atoms with E-state index in [1.54, 1.807) is 18.2 Å². The first-order chi connectivity index (χ1) is 5.74. The Morgan fingerprint density at radius 2 is 2.33 bits per heavy atom. The molecule has 0 heterocycles. The molecule has 0 amide bonds. The molecular weight excluding hydrogens is 156 g/mol. The number of hydrogen-bond acceptors (Lipinski definition) is 2. The SMILES string of the molecule is CNCc1cccc([N+](=O)O)c1. The van der Waals surface area contributed by atoms with Gasteiger partial charge in [-0.2, -0.15) is 0 Å². The maximum absolute atomic E-state index is 10.5. The van der Waals surface area contributed by atoms with Gasteiger partial charge in [0, 0.05) is 18.7 Å². The second kappa shape index (κ2) is 3.82. The molecule has 1 aromatic rings. The molecule has 64 valence electrons. The summed E-state index contributed by atoms with van der Waals surface area (Å²) in [6.45, 7) is 0.682. The third-order valence-electron chi connectivity index (χ3n) is 1.51. The van der Waals surface area contributed by atoms with Crippen molar-refractivity contribution in [3.63, 3.8) is 0 Å². The molecule has 0 radical (unpaired) electrons. The van der Waals surface area contributed by atoms with Crippen molar-refractivity contribution in [3.05, 3.63) is 34.7 Å². The van der Waals surface area contributed by atoms with Gasteiger partial charge in [0.15, 0.2) is 0 Å². The van der Waals surface area contributed by atoms with Gasteiger partial charge in [0.25, 0.3) is 4.92 Å². The van der Waals surface area contributed by atoms with Crippen molar-refractivity contribution in [3.8, 4) is 0 Å². The van der Waals surface area contributed by atoms with E-state index < -0.39 is 0 Å². The van der Waals surface area contributed by atoms with Gasteiger partial charge in [-0.25, -0.2) is 5.21 Å². The Morgan fingerprint density at radius 3 is 2.92 bits per heavy atom. The Kier molecular flexibility index (Phi) is 2.76. The van der Waals surface area contributed by atoms with E-state index in [0.29, 0.717) is 6.54 Å². The normalized spacial score (nSPS) is 9.75. The van der Waals surface area contributed by atoms with Crippen molar-refractivity contribution in [2.45, 2.75) is 6.54 Å². The van der Waals surface area contributed by atoms with Gasteiger partial charge in [-0.1, -0.05) is 12.1 Å². The second-order valence-electron chi connectivity index (χ2n) is 2.47. The van der Waals surface area contributed by atoms with Crippen LogP contribution in [0.2, 0.25) is 0 Å². The average molecular weight is 167 g/mol. The maximum Gasteiger partial charge on any atom is 0.316 e. The third-order valence-corrected chi connectivity index (χ3v) is 1.51. The smallest absolute Gasteiger partial charge is 0.316 e. The predicted molar refractivity (Wildman–Crippen MR) is 44.3 cm³/mol. The zero-order valence-electron chi connectivity index (χ0n) is 6.82.